The first-order valence-electron chi connectivity index (χ1n) is 6.23. The van der Waals surface area contributed by atoms with E-state index in [2.05, 4.69) is 19.2 Å². The van der Waals surface area contributed by atoms with Crippen LogP contribution in [-0.4, -0.2) is 44.2 Å². The van der Waals surface area contributed by atoms with Crippen molar-refractivity contribution in [3.05, 3.63) is 0 Å². The van der Waals surface area contributed by atoms with Gasteiger partial charge in [-0.2, -0.15) is 0 Å². The smallest absolute Gasteiger partial charge is 0.148 e. The van der Waals surface area contributed by atoms with Crippen LogP contribution in [0.3, 0.4) is 0 Å². The topological polar surface area (TPSA) is 66.4 Å². The van der Waals surface area contributed by atoms with Crippen LogP contribution in [0.25, 0.3) is 0 Å². The predicted octanol–water partition coefficient (Wildman–Crippen LogP) is 0.952. The van der Waals surface area contributed by atoms with Crippen LogP contribution in [0.4, 0.5) is 0 Å². The van der Waals surface area contributed by atoms with E-state index < -0.39 is 15.4 Å². The number of nitrogens with one attached hydrogen (secondary N) is 1. The summed E-state index contributed by atoms with van der Waals surface area (Å²) in [5.41, 5.74) is -0.313. The molecule has 102 valence electrons. The van der Waals surface area contributed by atoms with Gasteiger partial charge in [0, 0.05) is 19.3 Å². The molecule has 0 spiro atoms. The fourth-order valence-corrected chi connectivity index (χ4v) is 2.66. The maximum atomic E-state index is 10.9. The molecule has 1 aliphatic rings. The lowest BCUT2D eigenvalue weighted by Gasteiger charge is -2.40. The van der Waals surface area contributed by atoms with Gasteiger partial charge in [-0.15, -0.1) is 0 Å². The molecule has 0 aromatic heterocycles. The third-order valence-electron chi connectivity index (χ3n) is 3.64. The molecule has 0 amide bonds. The van der Waals surface area contributed by atoms with Crippen molar-refractivity contribution < 1.29 is 13.5 Å². The third kappa shape index (κ3) is 5.84. The van der Waals surface area contributed by atoms with E-state index in [1.807, 2.05) is 0 Å². The Bertz CT molecular complexity index is 339. The standard InChI is InChI=1S/C12H25NO3S/c1-11(2)4-6-12(14,7-5-11)10-13-8-9-17(3,15)16/h13-14H,4-10H2,1-3H3. The third-order valence-corrected chi connectivity index (χ3v) is 4.58. The molecule has 4 nitrogen and oxygen atoms in total. The molecule has 0 saturated heterocycles. The molecule has 0 bridgehead atoms. The SMILES string of the molecule is CC1(C)CCC(O)(CNCCS(C)(=O)=O)CC1. The molecule has 0 aromatic carbocycles. The number of aliphatic hydroxyl groups is 1. The molecule has 0 unspecified atom stereocenters. The number of hydrogen-bond acceptors (Lipinski definition) is 4. The van der Waals surface area contributed by atoms with Crippen molar-refractivity contribution in [1.82, 2.24) is 5.32 Å². The van der Waals surface area contributed by atoms with Crippen molar-refractivity contribution in [2.75, 3.05) is 25.1 Å². The lowest BCUT2D eigenvalue weighted by Crippen LogP contribution is -2.45. The van der Waals surface area contributed by atoms with E-state index in [9.17, 15) is 13.5 Å². The first kappa shape index (κ1) is 14.9. The van der Waals surface area contributed by atoms with Gasteiger partial charge in [0.2, 0.25) is 0 Å². The summed E-state index contributed by atoms with van der Waals surface area (Å²) in [4.78, 5) is 0. The Labute approximate surface area is 105 Å². The quantitative estimate of drug-likeness (QED) is 0.725. The van der Waals surface area contributed by atoms with Crippen LogP contribution in [0, 0.1) is 5.41 Å². The monoisotopic (exact) mass is 263 g/mol. The number of sulfone groups is 1. The summed E-state index contributed by atoms with van der Waals surface area (Å²) >= 11 is 0. The average molecular weight is 263 g/mol. The largest absolute Gasteiger partial charge is 0.389 e. The lowest BCUT2D eigenvalue weighted by atomic mass is 9.71. The van der Waals surface area contributed by atoms with E-state index in [4.69, 9.17) is 0 Å². The van der Waals surface area contributed by atoms with Crippen molar-refractivity contribution in [3.63, 3.8) is 0 Å². The Balaban J connectivity index is 2.28. The summed E-state index contributed by atoms with van der Waals surface area (Å²) in [6, 6.07) is 0. The minimum Gasteiger partial charge on any atom is -0.389 e. The van der Waals surface area contributed by atoms with Crippen molar-refractivity contribution in [1.29, 1.82) is 0 Å². The Morgan fingerprint density at radius 2 is 1.71 bits per heavy atom. The minimum absolute atomic E-state index is 0.134. The molecule has 0 heterocycles. The maximum Gasteiger partial charge on any atom is 0.148 e. The van der Waals surface area contributed by atoms with Crippen LogP contribution >= 0.6 is 0 Å². The first-order chi connectivity index (χ1) is 7.62. The highest BCUT2D eigenvalue weighted by Crippen LogP contribution is 2.39. The van der Waals surface area contributed by atoms with Crippen LogP contribution in [0.5, 0.6) is 0 Å². The number of hydrogen-bond donors (Lipinski definition) is 2. The highest BCUT2D eigenvalue weighted by Gasteiger charge is 2.36. The lowest BCUT2D eigenvalue weighted by molar-refractivity contribution is -0.0238. The van der Waals surface area contributed by atoms with Crippen LogP contribution in [-0.2, 0) is 9.84 Å². The Hall–Kier alpha value is -0.130. The van der Waals surface area contributed by atoms with Crippen LogP contribution in [0.2, 0.25) is 0 Å². The fraction of sp³-hybridized carbons (Fsp3) is 1.00. The van der Waals surface area contributed by atoms with Gasteiger partial charge in [0.05, 0.1) is 11.4 Å². The van der Waals surface area contributed by atoms with Crippen molar-refractivity contribution >= 4 is 9.84 Å². The van der Waals surface area contributed by atoms with Crippen molar-refractivity contribution in [2.24, 2.45) is 5.41 Å². The zero-order chi connectivity index (χ0) is 13.2. The summed E-state index contributed by atoms with van der Waals surface area (Å²) in [5.74, 6) is 0.134. The summed E-state index contributed by atoms with van der Waals surface area (Å²) in [6.07, 6.45) is 4.87. The zero-order valence-corrected chi connectivity index (χ0v) is 11.9. The molecule has 5 heteroatoms. The van der Waals surface area contributed by atoms with Gasteiger partial charge in [-0.05, 0) is 31.1 Å². The molecule has 1 rings (SSSR count). The minimum atomic E-state index is -2.91. The highest BCUT2D eigenvalue weighted by atomic mass is 32.2. The zero-order valence-electron chi connectivity index (χ0n) is 11.1. The number of rotatable bonds is 5. The van der Waals surface area contributed by atoms with Gasteiger partial charge in [-0.25, -0.2) is 8.42 Å². The first-order valence-corrected chi connectivity index (χ1v) is 8.29. The summed E-state index contributed by atoms with van der Waals surface area (Å²) in [6.45, 7) is 5.37. The molecule has 0 aliphatic heterocycles. The molecule has 0 atom stereocenters. The fourth-order valence-electron chi connectivity index (χ4n) is 2.15. The maximum absolute atomic E-state index is 10.9. The van der Waals surface area contributed by atoms with Gasteiger partial charge in [0.1, 0.15) is 9.84 Å². The van der Waals surface area contributed by atoms with Crippen molar-refractivity contribution in [2.45, 2.75) is 45.1 Å². The van der Waals surface area contributed by atoms with E-state index in [-0.39, 0.29) is 5.75 Å². The molecule has 17 heavy (non-hydrogen) atoms. The Morgan fingerprint density at radius 3 is 2.18 bits per heavy atom. The second-order valence-electron chi connectivity index (χ2n) is 6.20. The molecule has 1 fully saturated rings. The molecular weight excluding hydrogens is 238 g/mol. The predicted molar refractivity (Wildman–Crippen MR) is 69.8 cm³/mol. The van der Waals surface area contributed by atoms with E-state index in [0.29, 0.717) is 18.5 Å². The molecule has 2 N–H and O–H groups in total. The second-order valence-corrected chi connectivity index (χ2v) is 8.45. The molecule has 0 radical (unpaired) electrons. The van der Waals surface area contributed by atoms with E-state index in [1.165, 1.54) is 6.26 Å². The highest BCUT2D eigenvalue weighted by molar-refractivity contribution is 7.90. The van der Waals surface area contributed by atoms with Gasteiger partial charge >= 0.3 is 0 Å². The van der Waals surface area contributed by atoms with E-state index in [1.54, 1.807) is 0 Å². The van der Waals surface area contributed by atoms with Crippen molar-refractivity contribution in [3.8, 4) is 0 Å². The van der Waals surface area contributed by atoms with Gasteiger partial charge in [0.15, 0.2) is 0 Å². The van der Waals surface area contributed by atoms with Gasteiger partial charge < -0.3 is 10.4 Å². The van der Waals surface area contributed by atoms with Crippen LogP contribution in [0.15, 0.2) is 0 Å². The van der Waals surface area contributed by atoms with Crippen LogP contribution < -0.4 is 5.32 Å². The molecular formula is C12H25NO3S. The molecule has 1 saturated carbocycles. The van der Waals surface area contributed by atoms with E-state index in [0.717, 1.165) is 25.7 Å². The molecule has 0 aromatic rings. The summed E-state index contributed by atoms with van der Waals surface area (Å²) in [5, 5.41) is 13.4. The van der Waals surface area contributed by atoms with Gasteiger partial charge in [-0.3, -0.25) is 0 Å². The second kappa shape index (κ2) is 5.24. The van der Waals surface area contributed by atoms with Gasteiger partial charge in [0.25, 0.3) is 0 Å². The molecule has 1 aliphatic carbocycles. The Kier molecular flexibility index (Phi) is 4.60. The normalized spacial score (nSPS) is 23.5. The summed E-state index contributed by atoms with van der Waals surface area (Å²) < 4.78 is 21.9. The summed E-state index contributed by atoms with van der Waals surface area (Å²) in [7, 11) is -2.91. The average Bonchev–Trinajstić information content (AvgIpc) is 2.17. The Morgan fingerprint density at radius 1 is 1.18 bits per heavy atom. The van der Waals surface area contributed by atoms with Crippen LogP contribution in [0.1, 0.15) is 39.5 Å². The van der Waals surface area contributed by atoms with E-state index >= 15 is 0 Å². The van der Waals surface area contributed by atoms with Gasteiger partial charge in [-0.1, -0.05) is 13.8 Å².